The minimum absolute atomic E-state index is 0.0816. The van der Waals surface area contributed by atoms with Crippen LogP contribution in [0.4, 0.5) is 4.79 Å². The van der Waals surface area contributed by atoms with Crippen LogP contribution in [0.5, 0.6) is 5.75 Å². The van der Waals surface area contributed by atoms with Gasteiger partial charge in [0.25, 0.3) is 0 Å². The molecule has 0 aliphatic heterocycles. The molecule has 0 aliphatic carbocycles. The highest BCUT2D eigenvalue weighted by atomic mass is 16.5. The van der Waals surface area contributed by atoms with Crippen LogP contribution in [0.2, 0.25) is 0 Å². The molecule has 0 fully saturated rings. The third-order valence-electron chi connectivity index (χ3n) is 1.83. The summed E-state index contributed by atoms with van der Waals surface area (Å²) in [6, 6.07) is 7.44. The zero-order valence-electron chi connectivity index (χ0n) is 10.1. The molecule has 92 valence electrons. The van der Waals surface area contributed by atoms with E-state index in [0.717, 1.165) is 11.3 Å². The Morgan fingerprint density at radius 1 is 1.41 bits per heavy atom. The van der Waals surface area contributed by atoms with E-state index in [9.17, 15) is 4.79 Å². The van der Waals surface area contributed by atoms with Gasteiger partial charge in [-0.15, -0.1) is 0 Å². The molecule has 0 saturated heterocycles. The van der Waals surface area contributed by atoms with Crippen molar-refractivity contribution in [2.45, 2.75) is 20.0 Å². The lowest BCUT2D eigenvalue weighted by Gasteiger charge is -2.11. The van der Waals surface area contributed by atoms with E-state index >= 15 is 0 Å². The lowest BCUT2D eigenvalue weighted by molar-refractivity contribution is 0.171. The summed E-state index contributed by atoms with van der Waals surface area (Å²) in [5.74, 6) is 0.720. The van der Waals surface area contributed by atoms with E-state index in [1.165, 1.54) is 13.3 Å². The van der Waals surface area contributed by atoms with Crippen molar-refractivity contribution in [1.82, 2.24) is 5.43 Å². The van der Waals surface area contributed by atoms with Crippen molar-refractivity contribution in [3.05, 3.63) is 29.8 Å². The molecule has 0 aromatic heterocycles. The zero-order chi connectivity index (χ0) is 12.7. The van der Waals surface area contributed by atoms with Crippen molar-refractivity contribution in [1.29, 1.82) is 0 Å². The van der Waals surface area contributed by atoms with Crippen LogP contribution in [0.3, 0.4) is 0 Å². The Bertz CT molecular complexity index is 402. The fourth-order valence-electron chi connectivity index (χ4n) is 1.15. The summed E-state index contributed by atoms with van der Waals surface area (Å²) in [5, 5.41) is 3.75. The van der Waals surface area contributed by atoms with Crippen LogP contribution in [0, 0.1) is 0 Å². The molecule has 0 unspecified atom stereocenters. The molecule has 0 atom stereocenters. The summed E-state index contributed by atoms with van der Waals surface area (Å²) in [7, 11) is 1.28. The van der Waals surface area contributed by atoms with Crippen LogP contribution in [0.1, 0.15) is 19.4 Å². The smallest absolute Gasteiger partial charge is 0.427 e. The number of carbonyl (C=O) groups excluding carboxylic acids is 1. The highest BCUT2D eigenvalue weighted by molar-refractivity contribution is 5.84. The first-order valence-electron chi connectivity index (χ1n) is 5.26. The number of benzene rings is 1. The Hall–Kier alpha value is -2.04. The molecule has 1 aromatic rings. The maximum atomic E-state index is 10.8. The lowest BCUT2D eigenvalue weighted by atomic mass is 10.2. The van der Waals surface area contributed by atoms with Gasteiger partial charge in [0.05, 0.1) is 19.4 Å². The highest BCUT2D eigenvalue weighted by Crippen LogP contribution is 2.17. The average molecular weight is 236 g/mol. The molecule has 1 aromatic carbocycles. The predicted molar refractivity (Wildman–Crippen MR) is 65.3 cm³/mol. The van der Waals surface area contributed by atoms with Gasteiger partial charge in [0.2, 0.25) is 0 Å². The van der Waals surface area contributed by atoms with Crippen molar-refractivity contribution >= 4 is 12.3 Å². The quantitative estimate of drug-likeness (QED) is 0.643. The molecule has 0 spiro atoms. The van der Waals surface area contributed by atoms with Gasteiger partial charge in [0.15, 0.2) is 0 Å². The minimum Gasteiger partial charge on any atom is -0.490 e. The molecule has 1 rings (SSSR count). The number of para-hydroxylation sites is 1. The predicted octanol–water partition coefficient (Wildman–Crippen LogP) is 2.16. The number of hydrogen-bond acceptors (Lipinski definition) is 4. The highest BCUT2D eigenvalue weighted by Gasteiger charge is 2.02. The van der Waals surface area contributed by atoms with Crippen LogP contribution < -0.4 is 10.2 Å². The molecule has 0 heterocycles. The van der Waals surface area contributed by atoms with Gasteiger partial charge in [-0.1, -0.05) is 12.1 Å². The molecule has 5 nitrogen and oxygen atoms in total. The third-order valence-corrected chi connectivity index (χ3v) is 1.83. The molecule has 5 heteroatoms. The standard InChI is InChI=1S/C12H16N2O3/c1-9(2)17-11-7-5-4-6-10(11)8-13-14-12(15)16-3/h4-9H,1-3H3,(H,14,15). The van der Waals surface area contributed by atoms with E-state index in [1.807, 2.05) is 38.1 Å². The van der Waals surface area contributed by atoms with Gasteiger partial charge in [-0.25, -0.2) is 10.2 Å². The Labute approximate surface area is 100 Å². The second kappa shape index (κ2) is 6.52. The number of carbonyl (C=O) groups is 1. The first-order chi connectivity index (χ1) is 8.13. The summed E-state index contributed by atoms with van der Waals surface area (Å²) in [4.78, 5) is 10.8. The van der Waals surface area contributed by atoms with Crippen molar-refractivity contribution in [3.8, 4) is 5.75 Å². The van der Waals surface area contributed by atoms with Crippen LogP contribution in [0.15, 0.2) is 29.4 Å². The molecule has 0 aliphatic rings. The van der Waals surface area contributed by atoms with Gasteiger partial charge in [-0.05, 0) is 26.0 Å². The van der Waals surface area contributed by atoms with Gasteiger partial charge in [0.1, 0.15) is 5.75 Å². The number of amides is 1. The number of ether oxygens (including phenoxy) is 2. The van der Waals surface area contributed by atoms with E-state index in [-0.39, 0.29) is 6.10 Å². The molecule has 1 amide bonds. The normalized spacial score (nSPS) is 10.6. The summed E-state index contributed by atoms with van der Waals surface area (Å²) in [6.07, 6.45) is 0.982. The lowest BCUT2D eigenvalue weighted by Crippen LogP contribution is -2.17. The average Bonchev–Trinajstić information content (AvgIpc) is 2.30. The Kier molecular flexibility index (Phi) is 5.00. The van der Waals surface area contributed by atoms with Crippen LogP contribution in [-0.4, -0.2) is 25.5 Å². The fourth-order valence-corrected chi connectivity index (χ4v) is 1.15. The summed E-state index contributed by atoms with van der Waals surface area (Å²) < 4.78 is 9.98. The van der Waals surface area contributed by atoms with Crippen molar-refractivity contribution in [3.63, 3.8) is 0 Å². The molecule has 1 N–H and O–H groups in total. The van der Waals surface area contributed by atoms with Crippen LogP contribution in [0.25, 0.3) is 0 Å². The SMILES string of the molecule is COC(=O)NN=Cc1ccccc1OC(C)C. The van der Waals surface area contributed by atoms with Gasteiger partial charge < -0.3 is 9.47 Å². The Balaban J connectivity index is 2.72. The van der Waals surface area contributed by atoms with E-state index in [1.54, 1.807) is 0 Å². The molecule has 0 saturated carbocycles. The molecule has 0 radical (unpaired) electrons. The largest absolute Gasteiger partial charge is 0.490 e. The van der Waals surface area contributed by atoms with Crippen molar-refractivity contribution in [2.75, 3.05) is 7.11 Å². The number of nitrogens with one attached hydrogen (secondary N) is 1. The van der Waals surface area contributed by atoms with Gasteiger partial charge in [-0.2, -0.15) is 5.10 Å². The van der Waals surface area contributed by atoms with Gasteiger partial charge in [-0.3, -0.25) is 0 Å². The second-order valence-corrected chi connectivity index (χ2v) is 3.57. The number of hydrazone groups is 1. The number of rotatable bonds is 4. The topological polar surface area (TPSA) is 59.9 Å². The van der Waals surface area contributed by atoms with E-state index in [0.29, 0.717) is 0 Å². The first-order valence-corrected chi connectivity index (χ1v) is 5.26. The monoisotopic (exact) mass is 236 g/mol. The second-order valence-electron chi connectivity index (χ2n) is 3.57. The first kappa shape index (κ1) is 13.0. The number of methoxy groups -OCH3 is 1. The van der Waals surface area contributed by atoms with E-state index < -0.39 is 6.09 Å². The minimum atomic E-state index is -0.608. The third kappa shape index (κ3) is 4.55. The fraction of sp³-hybridized carbons (Fsp3) is 0.333. The maximum Gasteiger partial charge on any atom is 0.427 e. The summed E-state index contributed by atoms with van der Waals surface area (Å²) in [6.45, 7) is 3.89. The molecule has 0 bridgehead atoms. The summed E-state index contributed by atoms with van der Waals surface area (Å²) >= 11 is 0. The molecular formula is C12H16N2O3. The zero-order valence-corrected chi connectivity index (χ0v) is 10.1. The molecular weight excluding hydrogens is 220 g/mol. The van der Waals surface area contributed by atoms with Crippen molar-refractivity contribution in [2.24, 2.45) is 5.10 Å². The number of nitrogens with zero attached hydrogens (tertiary/aromatic N) is 1. The van der Waals surface area contributed by atoms with E-state index in [2.05, 4.69) is 15.3 Å². The number of hydrogen-bond donors (Lipinski definition) is 1. The Morgan fingerprint density at radius 3 is 2.76 bits per heavy atom. The Morgan fingerprint density at radius 2 is 2.12 bits per heavy atom. The van der Waals surface area contributed by atoms with Gasteiger partial charge >= 0.3 is 6.09 Å². The van der Waals surface area contributed by atoms with E-state index in [4.69, 9.17) is 4.74 Å². The van der Waals surface area contributed by atoms with Gasteiger partial charge in [0, 0.05) is 5.56 Å². The van der Waals surface area contributed by atoms with Crippen molar-refractivity contribution < 1.29 is 14.3 Å². The maximum absolute atomic E-state index is 10.8. The van der Waals surface area contributed by atoms with Crippen LogP contribution in [-0.2, 0) is 4.74 Å². The van der Waals surface area contributed by atoms with Crippen LogP contribution >= 0.6 is 0 Å². The summed E-state index contributed by atoms with van der Waals surface area (Å²) in [5.41, 5.74) is 3.00. The molecule has 17 heavy (non-hydrogen) atoms.